The van der Waals surface area contributed by atoms with E-state index in [1.54, 1.807) is 37.3 Å². The van der Waals surface area contributed by atoms with Crippen molar-refractivity contribution in [2.45, 2.75) is 39.7 Å². The Balaban J connectivity index is 2.03. The van der Waals surface area contributed by atoms with Crippen molar-refractivity contribution in [1.29, 1.82) is 0 Å². The second-order valence-electron chi connectivity index (χ2n) is 5.73. The zero-order chi connectivity index (χ0) is 16.8. The van der Waals surface area contributed by atoms with E-state index in [9.17, 15) is 9.59 Å². The number of hydrogen-bond donors (Lipinski definition) is 0. The van der Waals surface area contributed by atoms with Crippen molar-refractivity contribution in [3.8, 4) is 0 Å². The molecule has 0 unspecified atom stereocenters. The van der Waals surface area contributed by atoms with Gasteiger partial charge in [-0.3, -0.25) is 4.79 Å². The number of Topliss-reactive ketones (excluding diaryl/α,β-unsaturated/α-hetero) is 1. The molecular formula is C20H22O3. The van der Waals surface area contributed by atoms with Crippen LogP contribution in [0.25, 0.3) is 0 Å². The van der Waals surface area contributed by atoms with E-state index in [-0.39, 0.29) is 5.78 Å². The Kier molecular flexibility index (Phi) is 5.69. The molecule has 0 aliphatic rings. The molecule has 0 amide bonds. The van der Waals surface area contributed by atoms with Gasteiger partial charge in [-0.05, 0) is 38.0 Å². The van der Waals surface area contributed by atoms with E-state index in [0.717, 1.165) is 18.4 Å². The summed E-state index contributed by atoms with van der Waals surface area (Å²) in [6.45, 7) is 5.63. The van der Waals surface area contributed by atoms with Gasteiger partial charge in [0.2, 0.25) is 5.78 Å². The normalized spacial score (nSPS) is 11.8. The van der Waals surface area contributed by atoms with Crippen LogP contribution in [-0.2, 0) is 11.2 Å². The maximum absolute atomic E-state index is 12.4. The van der Waals surface area contributed by atoms with Gasteiger partial charge in [0.15, 0.2) is 6.10 Å². The van der Waals surface area contributed by atoms with E-state index < -0.39 is 12.1 Å². The van der Waals surface area contributed by atoms with E-state index in [4.69, 9.17) is 4.74 Å². The lowest BCUT2D eigenvalue weighted by molar-refractivity contribution is 0.0318. The standard InChI is InChI=1S/C20H22O3/c1-4-6-16-9-11-17(12-10-16)19(21)15(3)23-20(22)18-8-5-7-14(2)13-18/h5,7-13,15H,4,6H2,1-3H3/t15-/m1/s1. The van der Waals surface area contributed by atoms with Gasteiger partial charge < -0.3 is 4.74 Å². The number of rotatable bonds is 6. The SMILES string of the molecule is CCCc1ccc(C(=O)[C@@H](C)OC(=O)c2cccc(C)c2)cc1. The number of ether oxygens (including phenoxy) is 1. The highest BCUT2D eigenvalue weighted by Gasteiger charge is 2.20. The molecule has 0 aliphatic heterocycles. The zero-order valence-corrected chi connectivity index (χ0v) is 13.8. The van der Waals surface area contributed by atoms with E-state index in [0.29, 0.717) is 11.1 Å². The van der Waals surface area contributed by atoms with Gasteiger partial charge in [0.25, 0.3) is 0 Å². The highest BCUT2D eigenvalue weighted by atomic mass is 16.5. The average molecular weight is 310 g/mol. The first-order chi connectivity index (χ1) is 11.0. The Bertz CT molecular complexity index is 686. The van der Waals surface area contributed by atoms with Crippen LogP contribution in [0.1, 0.15) is 52.1 Å². The molecule has 120 valence electrons. The van der Waals surface area contributed by atoms with Crippen LogP contribution in [-0.4, -0.2) is 17.9 Å². The number of carbonyl (C=O) groups is 2. The zero-order valence-electron chi connectivity index (χ0n) is 13.8. The molecule has 2 aromatic carbocycles. The topological polar surface area (TPSA) is 43.4 Å². The number of benzene rings is 2. The van der Waals surface area contributed by atoms with E-state index in [1.807, 2.05) is 25.1 Å². The predicted molar refractivity (Wildman–Crippen MR) is 90.8 cm³/mol. The van der Waals surface area contributed by atoms with Crippen LogP contribution in [0, 0.1) is 6.92 Å². The maximum atomic E-state index is 12.4. The van der Waals surface area contributed by atoms with Gasteiger partial charge in [-0.25, -0.2) is 4.79 Å². The second kappa shape index (κ2) is 7.73. The van der Waals surface area contributed by atoms with Gasteiger partial charge >= 0.3 is 5.97 Å². The van der Waals surface area contributed by atoms with E-state index >= 15 is 0 Å². The third kappa shape index (κ3) is 4.52. The molecule has 0 bridgehead atoms. The molecule has 0 saturated carbocycles. The van der Waals surface area contributed by atoms with E-state index in [2.05, 4.69) is 6.92 Å². The van der Waals surface area contributed by atoms with Gasteiger partial charge in [-0.15, -0.1) is 0 Å². The average Bonchev–Trinajstić information content (AvgIpc) is 2.55. The van der Waals surface area contributed by atoms with E-state index in [1.165, 1.54) is 5.56 Å². The molecule has 0 spiro atoms. The highest BCUT2D eigenvalue weighted by Crippen LogP contribution is 2.13. The van der Waals surface area contributed by atoms with Crippen LogP contribution in [0.4, 0.5) is 0 Å². The molecule has 0 saturated heterocycles. The number of carbonyl (C=O) groups excluding carboxylic acids is 2. The second-order valence-corrected chi connectivity index (χ2v) is 5.73. The molecule has 0 heterocycles. The van der Waals surface area contributed by atoms with Gasteiger partial charge in [-0.1, -0.05) is 55.3 Å². The maximum Gasteiger partial charge on any atom is 0.338 e. The highest BCUT2D eigenvalue weighted by molar-refractivity contribution is 6.01. The molecule has 1 atom stereocenters. The fraction of sp³-hybridized carbons (Fsp3) is 0.300. The molecule has 0 radical (unpaired) electrons. The largest absolute Gasteiger partial charge is 0.451 e. The van der Waals surface area contributed by atoms with Crippen molar-refractivity contribution in [1.82, 2.24) is 0 Å². The first-order valence-corrected chi connectivity index (χ1v) is 7.92. The molecule has 0 N–H and O–H groups in total. The van der Waals surface area contributed by atoms with Crippen molar-refractivity contribution in [3.63, 3.8) is 0 Å². The number of aryl methyl sites for hydroxylation is 2. The summed E-state index contributed by atoms with van der Waals surface area (Å²) < 4.78 is 5.30. The minimum Gasteiger partial charge on any atom is -0.451 e. The van der Waals surface area contributed by atoms with Crippen LogP contribution < -0.4 is 0 Å². The molecule has 3 nitrogen and oxygen atoms in total. The summed E-state index contributed by atoms with van der Waals surface area (Å²) in [7, 11) is 0. The first kappa shape index (κ1) is 16.9. The predicted octanol–water partition coefficient (Wildman–Crippen LogP) is 4.38. The summed E-state index contributed by atoms with van der Waals surface area (Å²) in [5, 5.41) is 0. The molecule has 3 heteroatoms. The Labute approximate surface area is 137 Å². The van der Waals surface area contributed by atoms with Gasteiger partial charge in [0.05, 0.1) is 5.56 Å². The number of ketones is 1. The van der Waals surface area contributed by atoms with Crippen molar-refractivity contribution in [2.75, 3.05) is 0 Å². The summed E-state index contributed by atoms with van der Waals surface area (Å²) in [6, 6.07) is 14.6. The lowest BCUT2D eigenvalue weighted by atomic mass is 10.0. The van der Waals surface area contributed by atoms with Crippen molar-refractivity contribution in [2.24, 2.45) is 0 Å². The molecule has 0 aromatic heterocycles. The third-order valence-corrected chi connectivity index (χ3v) is 3.68. The van der Waals surface area contributed by atoms with Crippen LogP contribution in [0.2, 0.25) is 0 Å². The fourth-order valence-electron chi connectivity index (χ4n) is 2.41. The molecule has 2 rings (SSSR count). The summed E-state index contributed by atoms with van der Waals surface area (Å²) in [6.07, 6.45) is 1.25. The Morgan fingerprint density at radius 1 is 1.04 bits per heavy atom. The molecule has 2 aromatic rings. The summed E-state index contributed by atoms with van der Waals surface area (Å²) in [5.41, 5.74) is 3.20. The van der Waals surface area contributed by atoms with Gasteiger partial charge in [-0.2, -0.15) is 0 Å². The Morgan fingerprint density at radius 2 is 1.74 bits per heavy atom. The van der Waals surface area contributed by atoms with Gasteiger partial charge in [0, 0.05) is 5.56 Å². The quantitative estimate of drug-likeness (QED) is 0.587. The smallest absolute Gasteiger partial charge is 0.338 e. The summed E-state index contributed by atoms with van der Waals surface area (Å²) in [4.78, 5) is 24.5. The Morgan fingerprint density at radius 3 is 2.35 bits per heavy atom. The van der Waals surface area contributed by atoms with Crippen molar-refractivity contribution < 1.29 is 14.3 Å². The molecule has 0 fully saturated rings. The third-order valence-electron chi connectivity index (χ3n) is 3.68. The molecule has 0 aliphatic carbocycles. The number of hydrogen-bond acceptors (Lipinski definition) is 3. The van der Waals surface area contributed by atoms with Crippen molar-refractivity contribution in [3.05, 3.63) is 70.8 Å². The monoisotopic (exact) mass is 310 g/mol. The number of esters is 1. The minimum atomic E-state index is -0.806. The van der Waals surface area contributed by atoms with Crippen molar-refractivity contribution >= 4 is 11.8 Å². The summed E-state index contributed by atoms with van der Waals surface area (Å²) in [5.74, 6) is -0.661. The first-order valence-electron chi connectivity index (χ1n) is 7.92. The molecule has 23 heavy (non-hydrogen) atoms. The van der Waals surface area contributed by atoms with Crippen LogP contribution in [0.5, 0.6) is 0 Å². The Hall–Kier alpha value is -2.42. The fourth-order valence-corrected chi connectivity index (χ4v) is 2.41. The lowest BCUT2D eigenvalue weighted by Crippen LogP contribution is -2.24. The van der Waals surface area contributed by atoms with Gasteiger partial charge in [0.1, 0.15) is 0 Å². The minimum absolute atomic E-state index is 0.186. The van der Waals surface area contributed by atoms with Crippen LogP contribution in [0.3, 0.4) is 0 Å². The van der Waals surface area contributed by atoms with Crippen LogP contribution in [0.15, 0.2) is 48.5 Å². The lowest BCUT2D eigenvalue weighted by Gasteiger charge is -2.13. The van der Waals surface area contributed by atoms with Crippen LogP contribution >= 0.6 is 0 Å². The molecular weight excluding hydrogens is 288 g/mol. The summed E-state index contributed by atoms with van der Waals surface area (Å²) >= 11 is 0.